The highest BCUT2D eigenvalue weighted by atomic mass is 16.4. The van der Waals surface area contributed by atoms with Gasteiger partial charge >= 0.3 is 5.97 Å². The van der Waals surface area contributed by atoms with Gasteiger partial charge in [0.1, 0.15) is 6.04 Å². The lowest BCUT2D eigenvalue weighted by Gasteiger charge is -2.45. The molecule has 6 nitrogen and oxygen atoms in total. The van der Waals surface area contributed by atoms with E-state index in [2.05, 4.69) is 10.0 Å². The van der Waals surface area contributed by atoms with Gasteiger partial charge in [0.2, 0.25) is 0 Å². The second-order valence-corrected chi connectivity index (χ2v) is 7.41. The Morgan fingerprint density at radius 2 is 1.33 bits per heavy atom. The summed E-state index contributed by atoms with van der Waals surface area (Å²) >= 11 is 0. The van der Waals surface area contributed by atoms with Gasteiger partial charge in [0.05, 0.1) is 11.6 Å². The number of carbonyl (C=O) groups is 1. The van der Waals surface area contributed by atoms with Crippen molar-refractivity contribution in [3.8, 4) is 0 Å². The summed E-state index contributed by atoms with van der Waals surface area (Å²) in [6.07, 6.45) is 0.271. The molecule has 1 aliphatic heterocycles. The van der Waals surface area contributed by atoms with Crippen LogP contribution in [0.15, 0.2) is 96.1 Å². The van der Waals surface area contributed by atoms with Gasteiger partial charge in [-0.05, 0) is 28.6 Å². The quantitative estimate of drug-likeness (QED) is 0.279. The first-order chi connectivity index (χ1) is 14.7. The molecule has 0 saturated carbocycles. The van der Waals surface area contributed by atoms with E-state index in [4.69, 9.17) is 5.53 Å². The Balaban J connectivity index is 2.05. The normalized spacial score (nSPS) is 19.2. The van der Waals surface area contributed by atoms with Gasteiger partial charge < -0.3 is 5.11 Å². The standard InChI is InChI=1S/C24H22N4O2/c25-27-26-21-16-22(23(29)30)28(17-21)24(18-10-4-1-5-11-18,19-12-6-2-7-13-19)20-14-8-3-9-15-20/h1-15,21-22H,16-17H2,(H,29,30)/t21-,22+/m1/s1. The molecule has 3 aromatic carbocycles. The molecule has 6 heteroatoms. The Labute approximate surface area is 175 Å². The lowest BCUT2D eigenvalue weighted by molar-refractivity contribution is -0.143. The molecule has 1 fully saturated rings. The van der Waals surface area contributed by atoms with Crippen LogP contribution >= 0.6 is 0 Å². The molecule has 1 heterocycles. The molecule has 4 rings (SSSR count). The average Bonchev–Trinajstić information content (AvgIpc) is 3.21. The van der Waals surface area contributed by atoms with E-state index < -0.39 is 23.6 Å². The number of benzene rings is 3. The SMILES string of the molecule is [N-]=[N+]=N[C@@H]1C[C@@H](C(=O)O)N(C(c2ccccc2)(c2ccccc2)c2ccccc2)C1. The molecule has 3 aromatic rings. The number of rotatable bonds is 6. The number of likely N-dealkylation sites (tertiary alicyclic amines) is 1. The van der Waals surface area contributed by atoms with E-state index in [9.17, 15) is 9.90 Å². The van der Waals surface area contributed by atoms with Crippen LogP contribution in [0.4, 0.5) is 0 Å². The largest absolute Gasteiger partial charge is 0.480 e. The van der Waals surface area contributed by atoms with E-state index in [1.54, 1.807) is 0 Å². The molecule has 0 aliphatic carbocycles. The van der Waals surface area contributed by atoms with Crippen molar-refractivity contribution in [3.05, 3.63) is 118 Å². The van der Waals surface area contributed by atoms with Crippen LogP contribution in [0.5, 0.6) is 0 Å². The van der Waals surface area contributed by atoms with E-state index >= 15 is 0 Å². The highest BCUT2D eigenvalue weighted by Gasteiger charge is 2.51. The summed E-state index contributed by atoms with van der Waals surface area (Å²) in [5.41, 5.74) is 11.0. The third kappa shape index (κ3) is 3.32. The van der Waals surface area contributed by atoms with Gasteiger partial charge in [0.25, 0.3) is 0 Å². The zero-order valence-electron chi connectivity index (χ0n) is 16.4. The van der Waals surface area contributed by atoms with Gasteiger partial charge in [0.15, 0.2) is 0 Å². The second kappa shape index (κ2) is 8.41. The molecule has 1 N–H and O–H groups in total. The summed E-state index contributed by atoms with van der Waals surface area (Å²) in [4.78, 5) is 17.3. The van der Waals surface area contributed by atoms with Gasteiger partial charge in [-0.2, -0.15) is 0 Å². The summed E-state index contributed by atoms with van der Waals surface area (Å²) in [6, 6.07) is 28.6. The minimum atomic E-state index is -0.919. The molecular formula is C24H22N4O2. The van der Waals surface area contributed by atoms with Gasteiger partial charge in [-0.3, -0.25) is 9.69 Å². The molecule has 0 radical (unpaired) electrons. The van der Waals surface area contributed by atoms with Crippen molar-refractivity contribution in [1.82, 2.24) is 4.90 Å². The van der Waals surface area contributed by atoms with Gasteiger partial charge in [-0.25, -0.2) is 0 Å². The van der Waals surface area contributed by atoms with Crippen LogP contribution in [0, 0.1) is 0 Å². The Kier molecular flexibility index (Phi) is 5.53. The zero-order valence-corrected chi connectivity index (χ0v) is 16.4. The summed E-state index contributed by atoms with van der Waals surface area (Å²) in [7, 11) is 0. The average molecular weight is 398 g/mol. The predicted molar refractivity (Wildman–Crippen MR) is 115 cm³/mol. The molecule has 150 valence electrons. The van der Waals surface area contributed by atoms with Crippen molar-refractivity contribution >= 4 is 5.97 Å². The number of aliphatic carboxylic acids is 1. The van der Waals surface area contributed by atoms with E-state index in [1.807, 2.05) is 95.9 Å². The fraction of sp³-hybridized carbons (Fsp3) is 0.208. The maximum atomic E-state index is 12.3. The number of nitrogens with zero attached hydrogens (tertiary/aromatic N) is 4. The Hall–Kier alpha value is -3.60. The molecule has 2 atom stereocenters. The summed E-state index contributed by atoms with van der Waals surface area (Å²) in [5.74, 6) is -0.919. The molecule has 1 aliphatic rings. The molecule has 0 aromatic heterocycles. The van der Waals surface area contributed by atoms with Crippen molar-refractivity contribution in [2.45, 2.75) is 24.0 Å². The first kappa shape index (κ1) is 19.7. The number of hydrogen-bond acceptors (Lipinski definition) is 3. The molecule has 1 saturated heterocycles. The van der Waals surface area contributed by atoms with Crippen molar-refractivity contribution in [1.29, 1.82) is 0 Å². The van der Waals surface area contributed by atoms with Crippen molar-refractivity contribution in [3.63, 3.8) is 0 Å². The van der Waals surface area contributed by atoms with Crippen LogP contribution in [0.25, 0.3) is 10.4 Å². The molecular weight excluding hydrogens is 376 g/mol. The maximum absolute atomic E-state index is 12.3. The second-order valence-electron chi connectivity index (χ2n) is 7.41. The smallest absolute Gasteiger partial charge is 0.320 e. The van der Waals surface area contributed by atoms with E-state index in [0.717, 1.165) is 16.7 Å². The summed E-state index contributed by atoms with van der Waals surface area (Å²) in [6.45, 7) is 0.347. The lowest BCUT2D eigenvalue weighted by atomic mass is 9.75. The number of carboxylic acids is 1. The topological polar surface area (TPSA) is 89.3 Å². The number of carboxylic acid groups (broad SMARTS) is 1. The summed E-state index contributed by atoms with van der Waals surface area (Å²) in [5, 5.41) is 14.0. The molecule has 30 heavy (non-hydrogen) atoms. The van der Waals surface area contributed by atoms with Crippen LogP contribution in [-0.2, 0) is 10.3 Å². The minimum absolute atomic E-state index is 0.271. The Morgan fingerprint density at radius 1 is 0.900 bits per heavy atom. The molecule has 0 amide bonds. The van der Waals surface area contributed by atoms with Gasteiger partial charge in [-0.15, -0.1) is 0 Å². The summed E-state index contributed by atoms with van der Waals surface area (Å²) < 4.78 is 0. The van der Waals surface area contributed by atoms with Crippen LogP contribution in [0.2, 0.25) is 0 Å². The first-order valence-corrected chi connectivity index (χ1v) is 9.88. The molecule has 0 spiro atoms. The lowest BCUT2D eigenvalue weighted by Crippen LogP contribution is -2.52. The predicted octanol–water partition coefficient (Wildman–Crippen LogP) is 4.82. The highest BCUT2D eigenvalue weighted by Crippen LogP contribution is 2.46. The molecule has 0 unspecified atom stereocenters. The third-order valence-corrected chi connectivity index (χ3v) is 5.78. The molecule has 0 bridgehead atoms. The fourth-order valence-corrected chi connectivity index (χ4v) is 4.61. The van der Waals surface area contributed by atoms with Crippen LogP contribution in [-0.4, -0.2) is 34.6 Å². The van der Waals surface area contributed by atoms with Crippen LogP contribution in [0.3, 0.4) is 0 Å². The van der Waals surface area contributed by atoms with Gasteiger partial charge in [0, 0.05) is 11.5 Å². The maximum Gasteiger partial charge on any atom is 0.320 e. The van der Waals surface area contributed by atoms with Gasteiger partial charge in [-0.1, -0.05) is 96.1 Å². The zero-order chi connectivity index (χ0) is 21.0. The van der Waals surface area contributed by atoms with Crippen LogP contribution in [0.1, 0.15) is 23.1 Å². The van der Waals surface area contributed by atoms with Crippen molar-refractivity contribution < 1.29 is 9.90 Å². The number of hydrogen-bond donors (Lipinski definition) is 1. The third-order valence-electron chi connectivity index (χ3n) is 5.78. The fourth-order valence-electron chi connectivity index (χ4n) is 4.61. The number of azide groups is 1. The van der Waals surface area contributed by atoms with Crippen LogP contribution < -0.4 is 0 Å². The van der Waals surface area contributed by atoms with E-state index in [1.165, 1.54) is 0 Å². The van der Waals surface area contributed by atoms with E-state index in [0.29, 0.717) is 6.54 Å². The Morgan fingerprint density at radius 3 is 1.70 bits per heavy atom. The van der Waals surface area contributed by atoms with E-state index in [-0.39, 0.29) is 6.42 Å². The Bertz CT molecular complexity index is 954. The monoisotopic (exact) mass is 398 g/mol. The minimum Gasteiger partial charge on any atom is -0.480 e. The van der Waals surface area contributed by atoms with Crippen molar-refractivity contribution in [2.75, 3.05) is 6.54 Å². The highest BCUT2D eigenvalue weighted by molar-refractivity contribution is 5.75. The van der Waals surface area contributed by atoms with Crippen molar-refractivity contribution in [2.24, 2.45) is 5.11 Å². The first-order valence-electron chi connectivity index (χ1n) is 9.88.